The number of nitriles is 1. The van der Waals surface area contributed by atoms with Crippen molar-refractivity contribution in [1.29, 1.82) is 5.26 Å². The van der Waals surface area contributed by atoms with Crippen molar-refractivity contribution in [3.8, 4) is 11.8 Å². The Hall–Kier alpha value is -3.44. The first kappa shape index (κ1) is 26.8. The molecule has 1 amide bonds. The van der Waals surface area contributed by atoms with Crippen LogP contribution in [-0.2, 0) is 16.1 Å². The van der Waals surface area contributed by atoms with E-state index in [9.17, 15) is 13.8 Å². The van der Waals surface area contributed by atoms with E-state index in [0.717, 1.165) is 11.3 Å². The summed E-state index contributed by atoms with van der Waals surface area (Å²) in [7, 11) is 3.93. The van der Waals surface area contributed by atoms with Gasteiger partial charge in [-0.2, -0.15) is 9.47 Å². The van der Waals surface area contributed by atoms with Gasteiger partial charge in [-0.25, -0.2) is 4.72 Å². The molecule has 0 saturated heterocycles. The van der Waals surface area contributed by atoms with Crippen molar-refractivity contribution in [3.63, 3.8) is 0 Å². The molecule has 3 atom stereocenters. The second-order valence-corrected chi connectivity index (χ2v) is 9.45. The zero-order valence-corrected chi connectivity index (χ0v) is 21.0. The number of carbonyl (C=O) groups excluding carboxylic acids is 2. The quantitative estimate of drug-likeness (QED) is 0.369. The monoisotopic (exact) mass is 481 g/mol. The van der Waals surface area contributed by atoms with Gasteiger partial charge in [0.2, 0.25) is 5.91 Å². The van der Waals surface area contributed by atoms with Gasteiger partial charge in [0.15, 0.2) is 5.78 Å². The number of carbonyl (C=O) groups is 2. The minimum Gasteiger partial charge on any atom is -0.385 e. The molecule has 0 heterocycles. The summed E-state index contributed by atoms with van der Waals surface area (Å²) in [5.74, 6) is -0.669. The Morgan fingerprint density at radius 1 is 1.18 bits per heavy atom. The number of hydrogen-bond donors (Lipinski definition) is 1. The molecule has 0 bridgehead atoms. The van der Waals surface area contributed by atoms with Crippen LogP contribution in [0.4, 0.5) is 5.69 Å². The molecular weight excluding hydrogens is 450 g/mol. The summed E-state index contributed by atoms with van der Waals surface area (Å²) in [6.07, 6.45) is 4.08. The number of benzene rings is 2. The fourth-order valence-electron chi connectivity index (χ4n) is 3.25. The molecule has 0 aliphatic carbocycles. The molecule has 180 valence electrons. The van der Waals surface area contributed by atoms with E-state index in [2.05, 4.69) is 10.8 Å². The number of nitrogens with zero attached hydrogens (tertiary/aromatic N) is 2. The van der Waals surface area contributed by atoms with Crippen molar-refractivity contribution in [2.75, 3.05) is 19.0 Å². The molecule has 2 rings (SSSR count). The van der Waals surface area contributed by atoms with E-state index in [1.165, 1.54) is 18.2 Å². The molecule has 0 aromatic heterocycles. The molecule has 0 radical (unpaired) electrons. The van der Waals surface area contributed by atoms with Gasteiger partial charge in [-0.1, -0.05) is 32.1 Å². The zero-order valence-electron chi connectivity index (χ0n) is 20.2. The van der Waals surface area contributed by atoms with E-state index < -0.39 is 22.6 Å². The largest absolute Gasteiger partial charge is 0.385 e. The molecule has 2 aromatic carbocycles. The van der Waals surface area contributed by atoms with Gasteiger partial charge in [0.05, 0.1) is 6.07 Å². The lowest BCUT2D eigenvalue weighted by molar-refractivity contribution is -0.129. The number of nitrogens with one attached hydrogen (secondary N) is 1. The van der Waals surface area contributed by atoms with Gasteiger partial charge < -0.3 is 9.08 Å². The van der Waals surface area contributed by atoms with E-state index >= 15 is 0 Å². The molecule has 0 saturated carbocycles. The maximum absolute atomic E-state index is 12.6. The maximum Gasteiger partial charge on any atom is 0.318 e. The van der Waals surface area contributed by atoms with Crippen molar-refractivity contribution in [2.45, 2.75) is 33.6 Å². The summed E-state index contributed by atoms with van der Waals surface area (Å²) >= 11 is -2.10. The van der Waals surface area contributed by atoms with Gasteiger partial charge in [-0.05, 0) is 67.8 Å². The van der Waals surface area contributed by atoms with Crippen LogP contribution in [0.3, 0.4) is 0 Å². The Bertz CT molecular complexity index is 1090. The van der Waals surface area contributed by atoms with Gasteiger partial charge >= 0.3 is 11.3 Å². The molecule has 0 fully saturated rings. The Morgan fingerprint density at radius 2 is 1.79 bits per heavy atom. The lowest BCUT2D eigenvalue weighted by Gasteiger charge is -2.27. The minimum atomic E-state index is -2.10. The molecule has 7 nitrogen and oxygen atoms in total. The number of amides is 1. The third-order valence-corrected chi connectivity index (χ3v) is 6.32. The number of rotatable bonds is 11. The highest BCUT2D eigenvalue weighted by molar-refractivity contribution is 7.79. The Kier molecular flexibility index (Phi) is 9.58. The summed E-state index contributed by atoms with van der Waals surface area (Å²) in [5.41, 5.74) is 1.60. The van der Waals surface area contributed by atoms with Crippen molar-refractivity contribution in [3.05, 3.63) is 65.7 Å². The molecule has 2 aromatic rings. The van der Waals surface area contributed by atoms with Crippen LogP contribution in [0.25, 0.3) is 6.08 Å². The lowest BCUT2D eigenvalue weighted by Crippen LogP contribution is -2.41. The van der Waals surface area contributed by atoms with Crippen LogP contribution < -0.4 is 13.8 Å². The molecule has 8 heteroatoms. The second-order valence-electron chi connectivity index (χ2n) is 8.61. The molecule has 3 unspecified atom stereocenters. The van der Waals surface area contributed by atoms with E-state index in [1.54, 1.807) is 32.1 Å². The normalized spacial score (nSPS) is 14.5. The van der Waals surface area contributed by atoms with E-state index in [4.69, 9.17) is 9.44 Å². The highest BCUT2D eigenvalue weighted by atomic mass is 32.2. The molecule has 1 N–H and O–H groups in total. The number of hydrogen-bond acceptors (Lipinski definition) is 6. The first-order valence-electron chi connectivity index (χ1n) is 11.0. The first-order valence-corrected chi connectivity index (χ1v) is 12.1. The van der Waals surface area contributed by atoms with Gasteiger partial charge in [-0.15, -0.1) is 0 Å². The summed E-state index contributed by atoms with van der Waals surface area (Å²) in [6.45, 7) is 5.32. The topological polar surface area (TPSA) is 99.5 Å². The van der Waals surface area contributed by atoms with E-state index in [0.29, 0.717) is 18.4 Å². The van der Waals surface area contributed by atoms with Crippen molar-refractivity contribution in [1.82, 2.24) is 4.72 Å². The highest BCUT2D eigenvalue weighted by Crippen LogP contribution is 2.30. The second kappa shape index (κ2) is 12.1. The van der Waals surface area contributed by atoms with Crippen LogP contribution in [-0.4, -0.2) is 30.0 Å². The van der Waals surface area contributed by atoms with Crippen LogP contribution >= 0.6 is 0 Å². The van der Waals surface area contributed by atoms with Crippen molar-refractivity contribution in [2.24, 2.45) is 11.3 Å². The average molecular weight is 482 g/mol. The van der Waals surface area contributed by atoms with Crippen LogP contribution in [0.1, 0.15) is 49.5 Å². The summed E-state index contributed by atoms with van der Waals surface area (Å²) in [5, 5.41) is 9.04. The summed E-state index contributed by atoms with van der Waals surface area (Å²) < 4.78 is 19.9. The molecular formula is C26H31N3O4S. The van der Waals surface area contributed by atoms with Crippen LogP contribution in [0.15, 0.2) is 54.6 Å². The predicted molar refractivity (Wildman–Crippen MR) is 135 cm³/mol. The number of allylic oxidation sites excluding steroid dienone is 1. The standard InChI is InChI=1S/C26H31N3O4S/c1-6-26(3,17-19(2)18-27)25(31)28-34(32)33-23-14-10-21(11-15-23)24(30)16-9-20-7-12-22(13-8-20)29(4)5/h7-16,19H,6,17H2,1-5H3,(H,28,31)/b16-9+. The van der Waals surface area contributed by atoms with Gasteiger partial charge in [0.1, 0.15) is 5.75 Å². The zero-order chi connectivity index (χ0) is 25.3. The van der Waals surface area contributed by atoms with Crippen LogP contribution in [0, 0.1) is 22.7 Å². The smallest absolute Gasteiger partial charge is 0.318 e. The SMILES string of the molecule is CCC(C)(CC(C)C#N)C(=O)NS(=O)Oc1ccc(C(=O)/C=C/c2ccc(N(C)C)cc2)cc1. The molecule has 0 spiro atoms. The van der Waals surface area contributed by atoms with Gasteiger partial charge in [0, 0.05) is 36.7 Å². The molecule has 34 heavy (non-hydrogen) atoms. The van der Waals surface area contributed by atoms with Gasteiger partial charge in [0.25, 0.3) is 0 Å². The molecule has 0 aliphatic heterocycles. The van der Waals surface area contributed by atoms with E-state index in [-0.39, 0.29) is 17.5 Å². The Labute approximate surface area is 204 Å². The minimum absolute atomic E-state index is 0.178. The number of anilines is 1. The predicted octanol–water partition coefficient (Wildman–Crippen LogP) is 4.69. The first-order chi connectivity index (χ1) is 16.1. The maximum atomic E-state index is 12.6. The third-order valence-electron chi connectivity index (χ3n) is 5.63. The highest BCUT2D eigenvalue weighted by Gasteiger charge is 2.34. The Balaban J connectivity index is 1.96. The fourth-order valence-corrected chi connectivity index (χ4v) is 3.98. The Morgan fingerprint density at radius 3 is 2.32 bits per heavy atom. The van der Waals surface area contributed by atoms with Gasteiger partial charge in [-0.3, -0.25) is 9.59 Å². The van der Waals surface area contributed by atoms with Crippen molar-refractivity contribution >= 4 is 34.7 Å². The summed E-state index contributed by atoms with van der Waals surface area (Å²) in [4.78, 5) is 27.0. The number of ketones is 1. The van der Waals surface area contributed by atoms with Crippen molar-refractivity contribution < 1.29 is 18.0 Å². The molecule has 0 aliphatic rings. The van der Waals surface area contributed by atoms with Crippen LogP contribution in [0.5, 0.6) is 5.75 Å². The third kappa shape index (κ3) is 7.56. The lowest BCUT2D eigenvalue weighted by atomic mass is 9.79. The summed E-state index contributed by atoms with van der Waals surface area (Å²) in [6, 6.07) is 16.1. The fraction of sp³-hybridized carbons (Fsp3) is 0.346. The van der Waals surface area contributed by atoms with E-state index in [1.807, 2.05) is 50.2 Å². The van der Waals surface area contributed by atoms with Crippen LogP contribution in [0.2, 0.25) is 0 Å². The average Bonchev–Trinajstić information content (AvgIpc) is 2.82.